The van der Waals surface area contributed by atoms with Gasteiger partial charge in [0.2, 0.25) is 0 Å². The van der Waals surface area contributed by atoms with E-state index in [1.807, 2.05) is 0 Å². The van der Waals surface area contributed by atoms with Crippen LogP contribution in [-0.2, 0) is 4.43 Å². The standard InChI is InChI=1S/C19H46N2OSi3/c1-15(2)21-24(8,9)18-14-17(12-13-22-23(5,6)7)19(16(18)3)25(10,11)20-4/h15-21H,12-14H2,1-11H3. The third kappa shape index (κ3) is 6.57. The highest BCUT2D eigenvalue weighted by atomic mass is 28.4. The monoisotopic (exact) mass is 402 g/mol. The second-order valence-corrected chi connectivity index (χ2v) is 24.3. The van der Waals surface area contributed by atoms with Gasteiger partial charge in [-0.15, -0.1) is 0 Å². The third-order valence-corrected chi connectivity index (χ3v) is 15.3. The zero-order valence-corrected chi connectivity index (χ0v) is 21.9. The van der Waals surface area contributed by atoms with Gasteiger partial charge < -0.3 is 14.4 Å². The van der Waals surface area contributed by atoms with Crippen LogP contribution in [0, 0.1) is 11.8 Å². The Morgan fingerprint density at radius 2 is 1.56 bits per heavy atom. The van der Waals surface area contributed by atoms with Crippen LogP contribution in [0.2, 0.25) is 56.9 Å². The maximum Gasteiger partial charge on any atom is 0.183 e. The van der Waals surface area contributed by atoms with Gasteiger partial charge in [0.25, 0.3) is 0 Å². The molecule has 0 aromatic heterocycles. The highest BCUT2D eigenvalue weighted by molar-refractivity contribution is 6.78. The van der Waals surface area contributed by atoms with Crippen molar-refractivity contribution >= 4 is 24.8 Å². The number of nitrogens with one attached hydrogen (secondary N) is 2. The molecule has 150 valence electrons. The summed E-state index contributed by atoms with van der Waals surface area (Å²) in [5, 5.41) is 0. The van der Waals surface area contributed by atoms with Crippen molar-refractivity contribution < 1.29 is 4.43 Å². The Kier molecular flexibility index (Phi) is 8.19. The van der Waals surface area contributed by atoms with Gasteiger partial charge in [-0.05, 0) is 68.5 Å². The van der Waals surface area contributed by atoms with Crippen molar-refractivity contribution in [1.82, 2.24) is 9.96 Å². The Morgan fingerprint density at radius 3 is 2.00 bits per heavy atom. The summed E-state index contributed by atoms with van der Waals surface area (Å²) in [6.45, 7) is 25.2. The predicted molar refractivity (Wildman–Crippen MR) is 121 cm³/mol. The lowest BCUT2D eigenvalue weighted by molar-refractivity contribution is 0.270. The van der Waals surface area contributed by atoms with E-state index in [1.165, 1.54) is 12.8 Å². The van der Waals surface area contributed by atoms with Gasteiger partial charge in [0.05, 0.1) is 0 Å². The summed E-state index contributed by atoms with van der Waals surface area (Å²) in [6, 6.07) is 0.594. The van der Waals surface area contributed by atoms with Gasteiger partial charge in [0.1, 0.15) is 16.5 Å². The maximum atomic E-state index is 6.24. The molecule has 0 aromatic carbocycles. The van der Waals surface area contributed by atoms with Crippen molar-refractivity contribution in [3.05, 3.63) is 0 Å². The molecule has 2 N–H and O–H groups in total. The van der Waals surface area contributed by atoms with Crippen LogP contribution in [0.25, 0.3) is 0 Å². The maximum absolute atomic E-state index is 6.24. The van der Waals surface area contributed by atoms with Crippen molar-refractivity contribution in [3.8, 4) is 0 Å². The van der Waals surface area contributed by atoms with E-state index in [0.29, 0.717) is 6.04 Å². The van der Waals surface area contributed by atoms with Crippen LogP contribution in [-0.4, -0.2) is 44.5 Å². The molecule has 1 rings (SSSR count). The molecule has 1 saturated carbocycles. The zero-order chi connectivity index (χ0) is 19.6. The molecule has 4 atom stereocenters. The average Bonchev–Trinajstić information content (AvgIpc) is 2.74. The van der Waals surface area contributed by atoms with Gasteiger partial charge in [-0.1, -0.05) is 47.0 Å². The molecular weight excluding hydrogens is 356 g/mol. The smallest absolute Gasteiger partial charge is 0.183 e. The van der Waals surface area contributed by atoms with E-state index in [-0.39, 0.29) is 0 Å². The first-order valence-corrected chi connectivity index (χ1v) is 19.9. The molecule has 0 aromatic rings. The summed E-state index contributed by atoms with van der Waals surface area (Å²) in [5.74, 6) is 1.64. The number of rotatable bonds is 9. The summed E-state index contributed by atoms with van der Waals surface area (Å²) >= 11 is 0. The Hall–Kier alpha value is 0.531. The van der Waals surface area contributed by atoms with Gasteiger partial charge >= 0.3 is 0 Å². The molecule has 1 fully saturated rings. The lowest BCUT2D eigenvalue weighted by atomic mass is 10.0. The summed E-state index contributed by atoms with van der Waals surface area (Å²) in [5.41, 5.74) is 1.73. The second kappa shape index (κ2) is 8.69. The highest BCUT2D eigenvalue weighted by Gasteiger charge is 2.52. The van der Waals surface area contributed by atoms with Crippen molar-refractivity contribution in [1.29, 1.82) is 0 Å². The molecule has 25 heavy (non-hydrogen) atoms. The van der Waals surface area contributed by atoms with Gasteiger partial charge in [-0.2, -0.15) is 0 Å². The lowest BCUT2D eigenvalue weighted by Crippen LogP contribution is -2.54. The molecule has 3 nitrogen and oxygen atoms in total. The summed E-state index contributed by atoms with van der Waals surface area (Å²) < 4.78 is 6.24. The highest BCUT2D eigenvalue weighted by Crippen LogP contribution is 2.56. The van der Waals surface area contributed by atoms with Crippen LogP contribution in [0.15, 0.2) is 0 Å². The molecular formula is C19H46N2OSi3. The molecule has 0 saturated heterocycles. The topological polar surface area (TPSA) is 33.3 Å². The van der Waals surface area contributed by atoms with E-state index in [4.69, 9.17) is 4.43 Å². The fraction of sp³-hybridized carbons (Fsp3) is 1.00. The molecule has 1 aliphatic rings. The van der Waals surface area contributed by atoms with Crippen molar-refractivity contribution in [2.75, 3.05) is 13.7 Å². The van der Waals surface area contributed by atoms with E-state index in [0.717, 1.165) is 29.5 Å². The van der Waals surface area contributed by atoms with Crippen LogP contribution >= 0.6 is 0 Å². The number of hydrogen-bond donors (Lipinski definition) is 2. The Morgan fingerprint density at radius 1 is 1.00 bits per heavy atom. The molecule has 0 bridgehead atoms. The van der Waals surface area contributed by atoms with E-state index in [2.05, 4.69) is 83.6 Å². The predicted octanol–water partition coefficient (Wildman–Crippen LogP) is 5.25. The fourth-order valence-electron chi connectivity index (χ4n) is 5.40. The van der Waals surface area contributed by atoms with Crippen molar-refractivity contribution in [3.63, 3.8) is 0 Å². The van der Waals surface area contributed by atoms with Crippen LogP contribution in [0.5, 0.6) is 0 Å². The first-order valence-electron chi connectivity index (χ1n) is 10.3. The van der Waals surface area contributed by atoms with Crippen molar-refractivity contribution in [2.45, 2.75) is 96.6 Å². The number of hydrogen-bond acceptors (Lipinski definition) is 3. The molecule has 0 spiro atoms. The van der Waals surface area contributed by atoms with Gasteiger partial charge in [0, 0.05) is 6.61 Å². The van der Waals surface area contributed by atoms with E-state index in [9.17, 15) is 0 Å². The zero-order valence-electron chi connectivity index (χ0n) is 18.9. The molecule has 0 radical (unpaired) electrons. The molecule has 1 aliphatic carbocycles. The summed E-state index contributed by atoms with van der Waals surface area (Å²) in [7, 11) is -2.08. The molecule has 0 amide bonds. The van der Waals surface area contributed by atoms with Crippen LogP contribution < -0.4 is 9.96 Å². The minimum Gasteiger partial charge on any atom is -0.418 e. The third-order valence-electron chi connectivity index (χ3n) is 6.35. The first kappa shape index (κ1) is 23.6. The van der Waals surface area contributed by atoms with Gasteiger partial charge in [0.15, 0.2) is 8.32 Å². The first-order chi connectivity index (χ1) is 11.2. The summed E-state index contributed by atoms with van der Waals surface area (Å²) in [4.78, 5) is 7.76. The molecule has 0 heterocycles. The Bertz CT molecular complexity index is 421. The minimum atomic E-state index is -1.44. The molecule has 0 aliphatic heterocycles. The Balaban J connectivity index is 2.96. The van der Waals surface area contributed by atoms with Crippen LogP contribution in [0.1, 0.15) is 33.6 Å². The minimum absolute atomic E-state index is 0.594. The van der Waals surface area contributed by atoms with E-state index < -0.39 is 24.8 Å². The molecule has 4 unspecified atom stereocenters. The van der Waals surface area contributed by atoms with Gasteiger partial charge in [-0.3, -0.25) is 0 Å². The summed E-state index contributed by atoms with van der Waals surface area (Å²) in [6.07, 6.45) is 2.65. The quantitative estimate of drug-likeness (QED) is 0.517. The second-order valence-electron chi connectivity index (χ2n) is 10.7. The van der Waals surface area contributed by atoms with E-state index >= 15 is 0 Å². The largest absolute Gasteiger partial charge is 0.418 e. The van der Waals surface area contributed by atoms with Gasteiger partial charge in [-0.25, -0.2) is 0 Å². The average molecular weight is 403 g/mol. The van der Waals surface area contributed by atoms with Crippen LogP contribution in [0.4, 0.5) is 0 Å². The fourth-order valence-corrected chi connectivity index (χ4v) is 13.8. The van der Waals surface area contributed by atoms with E-state index in [1.54, 1.807) is 0 Å². The molecule has 6 heteroatoms. The Labute approximate surface area is 161 Å². The lowest BCUT2D eigenvalue weighted by Gasteiger charge is -2.40. The van der Waals surface area contributed by atoms with Crippen molar-refractivity contribution in [2.24, 2.45) is 11.8 Å². The van der Waals surface area contributed by atoms with Crippen LogP contribution in [0.3, 0.4) is 0 Å². The SMILES string of the molecule is CN[Si](C)(C)C1C(CCO[Si](C)(C)C)CC([Si](C)(C)NC(C)C)C1C. The normalized spacial score (nSPS) is 28.8.